The van der Waals surface area contributed by atoms with Crippen LogP contribution in [0.1, 0.15) is 36.6 Å². The molecule has 2 N–H and O–H groups in total. The highest BCUT2D eigenvalue weighted by molar-refractivity contribution is 7.93. The van der Waals surface area contributed by atoms with Gasteiger partial charge < -0.3 is 10.6 Å². The number of anilines is 1. The smallest absolute Gasteiger partial charge is 0.290 e. The van der Waals surface area contributed by atoms with Gasteiger partial charge in [0.2, 0.25) is 5.95 Å². The van der Waals surface area contributed by atoms with Crippen molar-refractivity contribution in [3.63, 3.8) is 0 Å². The lowest BCUT2D eigenvalue weighted by atomic mass is 9.91. The van der Waals surface area contributed by atoms with E-state index in [9.17, 15) is 17.2 Å². The first-order chi connectivity index (χ1) is 13.6. The van der Waals surface area contributed by atoms with Crippen LogP contribution >= 0.6 is 0 Å². The van der Waals surface area contributed by atoms with Crippen LogP contribution in [0.4, 0.5) is 14.7 Å². The number of rotatable bonds is 3. The highest BCUT2D eigenvalue weighted by atomic mass is 32.2. The topological polar surface area (TPSA) is 89.2 Å². The van der Waals surface area contributed by atoms with Crippen molar-refractivity contribution in [1.29, 1.82) is 0 Å². The summed E-state index contributed by atoms with van der Waals surface area (Å²) in [5.74, 6) is -2.86. The molecule has 2 saturated heterocycles. The highest BCUT2D eigenvalue weighted by Crippen LogP contribution is 2.45. The van der Waals surface area contributed by atoms with Crippen LogP contribution in [0.3, 0.4) is 0 Å². The van der Waals surface area contributed by atoms with Gasteiger partial charge in [-0.05, 0) is 31.4 Å². The van der Waals surface area contributed by atoms with Gasteiger partial charge in [0.05, 0.1) is 22.7 Å². The molecule has 1 atom stereocenters. The minimum atomic E-state index is -3.12. The molecule has 2 aromatic rings. The minimum absolute atomic E-state index is 0.111. The zero-order chi connectivity index (χ0) is 20.6. The molecule has 29 heavy (non-hydrogen) atoms. The van der Waals surface area contributed by atoms with Gasteiger partial charge in [0.15, 0.2) is 9.84 Å². The van der Waals surface area contributed by atoms with Crippen molar-refractivity contribution in [2.75, 3.05) is 23.0 Å². The van der Waals surface area contributed by atoms with Crippen LogP contribution in [0.5, 0.6) is 0 Å². The van der Waals surface area contributed by atoms with Gasteiger partial charge in [0.25, 0.3) is 5.92 Å². The second-order valence-electron chi connectivity index (χ2n) is 8.50. The largest absolute Gasteiger partial charge is 0.338 e. The predicted molar refractivity (Wildman–Crippen MR) is 106 cm³/mol. The summed E-state index contributed by atoms with van der Waals surface area (Å²) in [4.78, 5) is 10.8. The molecule has 1 aliphatic carbocycles. The van der Waals surface area contributed by atoms with Crippen molar-refractivity contribution in [1.82, 2.24) is 9.97 Å². The zero-order valence-electron chi connectivity index (χ0n) is 16.0. The van der Waals surface area contributed by atoms with Gasteiger partial charge in [-0.2, -0.15) is 8.78 Å². The summed E-state index contributed by atoms with van der Waals surface area (Å²) in [6.07, 6.45) is 0.910. The first-order valence-electron chi connectivity index (χ1n) is 9.74. The molecule has 0 spiro atoms. The Morgan fingerprint density at radius 2 is 2.00 bits per heavy atom. The van der Waals surface area contributed by atoms with Gasteiger partial charge in [-0.15, -0.1) is 0 Å². The van der Waals surface area contributed by atoms with Gasteiger partial charge in [-0.1, -0.05) is 18.2 Å². The summed E-state index contributed by atoms with van der Waals surface area (Å²) in [5, 5.41) is 0. The Morgan fingerprint density at radius 3 is 2.62 bits per heavy atom. The van der Waals surface area contributed by atoms with Crippen molar-refractivity contribution in [3.05, 3.63) is 41.1 Å². The highest BCUT2D eigenvalue weighted by Gasteiger charge is 2.47. The van der Waals surface area contributed by atoms with Gasteiger partial charge >= 0.3 is 0 Å². The van der Waals surface area contributed by atoms with Crippen LogP contribution in [0, 0.1) is 0 Å². The van der Waals surface area contributed by atoms with E-state index in [1.807, 2.05) is 17.9 Å². The average molecular weight is 420 g/mol. The fourth-order valence-electron chi connectivity index (χ4n) is 4.48. The SMILES string of the molecule is C[C@H]1CCN1c1nc(-c2cccc(C3(N)CS(=O)(=O)C3)c2)c2c(n1)C(F)(F)CC2. The van der Waals surface area contributed by atoms with E-state index in [0.29, 0.717) is 28.3 Å². The molecule has 2 aliphatic heterocycles. The van der Waals surface area contributed by atoms with E-state index in [1.165, 1.54) is 0 Å². The van der Waals surface area contributed by atoms with Crippen LogP contribution in [0.15, 0.2) is 24.3 Å². The molecule has 3 heterocycles. The lowest BCUT2D eigenvalue weighted by Gasteiger charge is -2.39. The summed E-state index contributed by atoms with van der Waals surface area (Å²) in [6.45, 7) is 2.77. The van der Waals surface area contributed by atoms with Crippen molar-refractivity contribution in [3.8, 4) is 11.3 Å². The van der Waals surface area contributed by atoms with E-state index >= 15 is 0 Å². The Hall–Kier alpha value is -2.13. The molecule has 0 bridgehead atoms. The summed E-state index contributed by atoms with van der Waals surface area (Å²) in [7, 11) is -3.12. The molecule has 3 aliphatic rings. The van der Waals surface area contributed by atoms with E-state index in [1.54, 1.807) is 18.2 Å². The van der Waals surface area contributed by atoms with Crippen LogP contribution in [0.2, 0.25) is 0 Å². The van der Waals surface area contributed by atoms with Gasteiger partial charge in [0, 0.05) is 30.1 Å². The molecule has 0 amide bonds. The van der Waals surface area contributed by atoms with Gasteiger partial charge in [-0.3, -0.25) is 0 Å². The van der Waals surface area contributed by atoms with Crippen LogP contribution in [0.25, 0.3) is 11.3 Å². The number of hydrogen-bond donors (Lipinski definition) is 1. The van der Waals surface area contributed by atoms with E-state index in [2.05, 4.69) is 9.97 Å². The van der Waals surface area contributed by atoms with Crippen LogP contribution in [-0.2, 0) is 27.7 Å². The Kier molecular flexibility index (Phi) is 3.87. The molecule has 154 valence electrons. The fraction of sp³-hybridized carbons (Fsp3) is 0.500. The monoisotopic (exact) mass is 420 g/mol. The Labute approximate surface area is 168 Å². The normalized spacial score (nSPS) is 25.8. The molecule has 9 heteroatoms. The molecule has 0 radical (unpaired) electrons. The number of hydrogen-bond acceptors (Lipinski definition) is 6. The summed E-state index contributed by atoms with van der Waals surface area (Å²) >= 11 is 0. The van der Waals surface area contributed by atoms with E-state index in [0.717, 1.165) is 13.0 Å². The fourth-order valence-corrected chi connectivity index (χ4v) is 6.30. The van der Waals surface area contributed by atoms with Crippen molar-refractivity contribution in [2.24, 2.45) is 5.73 Å². The quantitative estimate of drug-likeness (QED) is 0.820. The van der Waals surface area contributed by atoms with Gasteiger partial charge in [-0.25, -0.2) is 18.4 Å². The maximum absolute atomic E-state index is 14.5. The molecular formula is C20H22F2N4O2S. The van der Waals surface area contributed by atoms with Crippen LogP contribution in [-0.4, -0.2) is 42.5 Å². The molecule has 0 unspecified atom stereocenters. The lowest BCUT2D eigenvalue weighted by molar-refractivity contribution is -0.00595. The number of aromatic nitrogens is 2. The third-order valence-corrected chi connectivity index (χ3v) is 8.18. The predicted octanol–water partition coefficient (Wildman–Crippen LogP) is 2.36. The average Bonchev–Trinajstić information content (AvgIpc) is 2.93. The molecular weight excluding hydrogens is 398 g/mol. The van der Waals surface area contributed by atoms with Crippen molar-refractivity contribution < 1.29 is 17.2 Å². The number of halogens is 2. The summed E-state index contributed by atoms with van der Waals surface area (Å²) in [5.41, 5.74) is 7.48. The van der Waals surface area contributed by atoms with Crippen molar-refractivity contribution in [2.45, 2.75) is 43.7 Å². The van der Waals surface area contributed by atoms with Crippen molar-refractivity contribution >= 4 is 15.8 Å². The number of sulfone groups is 1. The standard InChI is InChI=1S/C20H22F2N4O2S/c1-12-6-8-26(12)18-24-16(15-5-7-20(21,22)17(15)25-18)13-3-2-4-14(9-13)19(23)10-29(27,28)11-19/h2-4,9,12H,5-8,10-11,23H2,1H3/t12-/m0/s1. The first kappa shape index (κ1) is 18.9. The Bertz CT molecular complexity index is 1110. The molecule has 1 aromatic heterocycles. The number of nitrogens with zero attached hydrogens (tertiary/aromatic N) is 3. The lowest BCUT2D eigenvalue weighted by Crippen LogP contribution is -2.58. The van der Waals surface area contributed by atoms with Crippen LogP contribution < -0.4 is 10.6 Å². The second-order valence-corrected chi connectivity index (χ2v) is 10.6. The molecule has 0 saturated carbocycles. The first-order valence-corrected chi connectivity index (χ1v) is 11.6. The third-order valence-electron chi connectivity index (χ3n) is 6.27. The summed E-state index contributed by atoms with van der Waals surface area (Å²) < 4.78 is 52.3. The molecule has 6 nitrogen and oxygen atoms in total. The van der Waals surface area contributed by atoms with Gasteiger partial charge in [0.1, 0.15) is 5.69 Å². The maximum atomic E-state index is 14.5. The third kappa shape index (κ3) is 2.93. The number of benzene rings is 1. The minimum Gasteiger partial charge on any atom is -0.338 e. The number of alkyl halides is 2. The number of nitrogens with two attached hydrogens (primary N) is 1. The van der Waals surface area contributed by atoms with E-state index in [4.69, 9.17) is 5.73 Å². The Balaban J connectivity index is 1.62. The Morgan fingerprint density at radius 1 is 1.24 bits per heavy atom. The second kappa shape index (κ2) is 5.95. The molecule has 1 aromatic carbocycles. The molecule has 2 fully saturated rings. The summed E-state index contributed by atoms with van der Waals surface area (Å²) in [6, 6.07) is 7.37. The molecule has 5 rings (SSSR count). The maximum Gasteiger partial charge on any atom is 0.290 e. The van der Waals surface area contributed by atoms with E-state index < -0.39 is 21.3 Å². The number of fused-ring (bicyclic) bond motifs is 1. The zero-order valence-corrected chi connectivity index (χ0v) is 16.8. The van der Waals surface area contributed by atoms with E-state index in [-0.39, 0.29) is 36.1 Å².